The Morgan fingerprint density at radius 1 is 0.949 bits per heavy atom. The molecule has 2 amide bonds. The molecule has 0 aliphatic heterocycles. The lowest BCUT2D eigenvalue weighted by molar-refractivity contribution is -0.140. The molecule has 0 aliphatic rings. The third-order valence-corrected chi connectivity index (χ3v) is 8.48. The van der Waals surface area contributed by atoms with Gasteiger partial charge in [0.25, 0.3) is 10.0 Å². The van der Waals surface area contributed by atoms with Crippen LogP contribution in [0.5, 0.6) is 0 Å². The lowest BCUT2D eigenvalue weighted by Gasteiger charge is -2.33. The third-order valence-electron chi connectivity index (χ3n) is 6.10. The zero-order chi connectivity index (χ0) is 28.7. The van der Waals surface area contributed by atoms with Crippen LogP contribution >= 0.6 is 23.2 Å². The highest BCUT2D eigenvalue weighted by Gasteiger charge is 2.34. The minimum atomic E-state index is -4.11. The summed E-state index contributed by atoms with van der Waals surface area (Å²) in [5, 5.41) is 3.64. The number of anilines is 1. The van der Waals surface area contributed by atoms with E-state index in [4.69, 9.17) is 23.2 Å². The van der Waals surface area contributed by atoms with Gasteiger partial charge in [-0.15, -0.1) is 0 Å². The van der Waals surface area contributed by atoms with Crippen LogP contribution in [0.25, 0.3) is 0 Å². The zero-order valence-electron chi connectivity index (χ0n) is 22.4. The van der Waals surface area contributed by atoms with Crippen molar-refractivity contribution < 1.29 is 18.0 Å². The van der Waals surface area contributed by atoms with Crippen LogP contribution in [0.3, 0.4) is 0 Å². The first-order valence-corrected chi connectivity index (χ1v) is 14.8. The average Bonchev–Trinajstić information content (AvgIpc) is 2.89. The van der Waals surface area contributed by atoms with Gasteiger partial charge in [-0.2, -0.15) is 0 Å². The van der Waals surface area contributed by atoms with Crippen LogP contribution in [0.15, 0.2) is 77.7 Å². The molecular weight excluding hydrogens is 557 g/mol. The van der Waals surface area contributed by atoms with Gasteiger partial charge in [0.05, 0.1) is 10.6 Å². The molecule has 39 heavy (non-hydrogen) atoms. The normalized spacial score (nSPS) is 12.2. The number of nitrogens with one attached hydrogen (secondary N) is 1. The predicted molar refractivity (Wildman–Crippen MR) is 157 cm³/mol. The summed E-state index contributed by atoms with van der Waals surface area (Å²) in [6.45, 7) is 6.83. The van der Waals surface area contributed by atoms with Crippen molar-refractivity contribution in [1.29, 1.82) is 0 Å². The highest BCUT2D eigenvalue weighted by molar-refractivity contribution is 7.92. The number of amides is 2. The largest absolute Gasteiger partial charge is 0.352 e. The number of carbonyl (C=O) groups excluding carboxylic acids is 2. The van der Waals surface area contributed by atoms with Crippen molar-refractivity contribution in [3.63, 3.8) is 0 Å². The fourth-order valence-corrected chi connectivity index (χ4v) is 6.00. The molecule has 3 aromatic carbocycles. The number of carbonyl (C=O) groups is 2. The average molecular weight is 591 g/mol. The summed E-state index contributed by atoms with van der Waals surface area (Å²) >= 11 is 12.5. The topological polar surface area (TPSA) is 86.8 Å². The van der Waals surface area contributed by atoms with Crippen LogP contribution in [0, 0.1) is 6.92 Å². The standard InChI is InChI=1S/C29H33Cl2N3O4S/c1-5-27(29(36)32-20(2)3)33(18-22-13-14-23(30)17-26(22)31)28(35)19-34(24-15-11-21(4)12-16-24)39(37,38)25-9-7-6-8-10-25/h6-17,20,27H,5,18-19H2,1-4H3,(H,32,36). The fourth-order valence-electron chi connectivity index (χ4n) is 4.09. The summed E-state index contributed by atoms with van der Waals surface area (Å²) in [7, 11) is -4.11. The first kappa shape index (κ1) is 30.5. The van der Waals surface area contributed by atoms with Crippen molar-refractivity contribution in [3.8, 4) is 0 Å². The SMILES string of the molecule is CCC(C(=O)NC(C)C)N(Cc1ccc(Cl)cc1Cl)C(=O)CN(c1ccc(C)cc1)S(=O)(=O)c1ccccc1. The molecule has 0 aliphatic carbocycles. The van der Waals surface area contributed by atoms with Crippen LogP contribution in [-0.2, 0) is 26.2 Å². The van der Waals surface area contributed by atoms with Gasteiger partial charge in [-0.1, -0.05) is 72.1 Å². The van der Waals surface area contributed by atoms with E-state index in [-0.39, 0.29) is 23.4 Å². The van der Waals surface area contributed by atoms with Gasteiger partial charge in [0, 0.05) is 22.6 Å². The predicted octanol–water partition coefficient (Wildman–Crippen LogP) is 5.83. The molecule has 0 saturated heterocycles. The monoisotopic (exact) mass is 589 g/mol. The molecule has 7 nitrogen and oxygen atoms in total. The Kier molecular flexibility index (Phi) is 10.4. The van der Waals surface area contributed by atoms with Gasteiger partial charge in [-0.25, -0.2) is 8.42 Å². The number of hydrogen-bond acceptors (Lipinski definition) is 4. The minimum Gasteiger partial charge on any atom is -0.352 e. The summed E-state index contributed by atoms with van der Waals surface area (Å²) in [5.74, 6) is -0.884. The molecule has 0 fully saturated rings. The smallest absolute Gasteiger partial charge is 0.264 e. The Balaban J connectivity index is 2.07. The van der Waals surface area contributed by atoms with Gasteiger partial charge in [-0.3, -0.25) is 13.9 Å². The first-order valence-electron chi connectivity index (χ1n) is 12.6. The number of nitrogens with zero attached hydrogens (tertiary/aromatic N) is 2. The molecule has 0 bridgehead atoms. The number of rotatable bonds is 11. The van der Waals surface area contributed by atoms with E-state index in [2.05, 4.69) is 5.32 Å². The quantitative estimate of drug-likeness (QED) is 0.305. The minimum absolute atomic E-state index is 0.00796. The number of sulfonamides is 1. The summed E-state index contributed by atoms with van der Waals surface area (Å²) < 4.78 is 28.6. The first-order chi connectivity index (χ1) is 18.4. The molecule has 3 aromatic rings. The Morgan fingerprint density at radius 2 is 1.59 bits per heavy atom. The van der Waals surface area contributed by atoms with Crippen molar-refractivity contribution in [1.82, 2.24) is 10.2 Å². The highest BCUT2D eigenvalue weighted by Crippen LogP contribution is 2.27. The van der Waals surface area contributed by atoms with Crippen molar-refractivity contribution in [2.24, 2.45) is 0 Å². The van der Waals surface area contributed by atoms with Gasteiger partial charge in [0.15, 0.2) is 0 Å². The molecule has 3 rings (SSSR count). The van der Waals surface area contributed by atoms with Crippen LogP contribution in [0.4, 0.5) is 5.69 Å². The molecule has 0 radical (unpaired) electrons. The van der Waals surface area contributed by atoms with E-state index in [0.717, 1.165) is 9.87 Å². The van der Waals surface area contributed by atoms with E-state index in [1.165, 1.54) is 17.0 Å². The van der Waals surface area contributed by atoms with Crippen LogP contribution in [-0.4, -0.2) is 43.8 Å². The van der Waals surface area contributed by atoms with Gasteiger partial charge >= 0.3 is 0 Å². The highest BCUT2D eigenvalue weighted by atomic mass is 35.5. The van der Waals surface area contributed by atoms with Crippen LogP contribution in [0.1, 0.15) is 38.3 Å². The molecule has 1 unspecified atom stereocenters. The molecule has 1 atom stereocenters. The second kappa shape index (κ2) is 13.3. The van der Waals surface area contributed by atoms with Crippen molar-refractivity contribution in [2.45, 2.75) is 57.6 Å². The molecule has 208 valence electrons. The molecule has 0 aromatic heterocycles. The fraction of sp³-hybridized carbons (Fsp3) is 0.310. The number of benzene rings is 3. The van der Waals surface area contributed by atoms with Crippen molar-refractivity contribution >= 4 is 50.7 Å². The van der Waals surface area contributed by atoms with E-state index in [1.54, 1.807) is 67.6 Å². The maximum Gasteiger partial charge on any atom is 0.264 e. The molecule has 0 saturated carbocycles. The summed E-state index contributed by atoms with van der Waals surface area (Å²) in [5.41, 5.74) is 1.86. The Labute approximate surface area is 240 Å². The van der Waals surface area contributed by atoms with Crippen molar-refractivity contribution in [2.75, 3.05) is 10.8 Å². The van der Waals surface area contributed by atoms with E-state index < -0.39 is 28.5 Å². The lowest BCUT2D eigenvalue weighted by Crippen LogP contribution is -2.53. The van der Waals surface area contributed by atoms with E-state index >= 15 is 0 Å². The molecule has 0 heterocycles. The third kappa shape index (κ3) is 7.75. The summed E-state index contributed by atoms with van der Waals surface area (Å²) in [6.07, 6.45) is 0.311. The maximum atomic E-state index is 14.0. The van der Waals surface area contributed by atoms with Crippen LogP contribution in [0.2, 0.25) is 10.0 Å². The van der Waals surface area contributed by atoms with E-state index in [9.17, 15) is 18.0 Å². The van der Waals surface area contributed by atoms with E-state index in [1.807, 2.05) is 20.8 Å². The van der Waals surface area contributed by atoms with Crippen molar-refractivity contribution in [3.05, 3.63) is 94.0 Å². The zero-order valence-corrected chi connectivity index (χ0v) is 24.7. The second-order valence-electron chi connectivity index (χ2n) is 9.50. The Bertz CT molecular complexity index is 1400. The molecule has 0 spiro atoms. The number of halogens is 2. The molecular formula is C29H33Cl2N3O4S. The number of aryl methyl sites for hydroxylation is 1. The molecule has 10 heteroatoms. The van der Waals surface area contributed by atoms with Gasteiger partial charge < -0.3 is 10.2 Å². The van der Waals surface area contributed by atoms with Crippen LogP contribution < -0.4 is 9.62 Å². The van der Waals surface area contributed by atoms with Gasteiger partial charge in [0.1, 0.15) is 12.6 Å². The van der Waals surface area contributed by atoms with E-state index in [0.29, 0.717) is 27.7 Å². The van der Waals surface area contributed by atoms with Gasteiger partial charge in [-0.05, 0) is 69.2 Å². The lowest BCUT2D eigenvalue weighted by atomic mass is 10.1. The van der Waals surface area contributed by atoms with Gasteiger partial charge in [0.2, 0.25) is 11.8 Å². The maximum absolute atomic E-state index is 14.0. The second-order valence-corrected chi connectivity index (χ2v) is 12.2. The molecule has 1 N–H and O–H groups in total. The summed E-state index contributed by atoms with van der Waals surface area (Å²) in [4.78, 5) is 28.6. The number of hydrogen-bond donors (Lipinski definition) is 1. The Hall–Kier alpha value is -3.07. The Morgan fingerprint density at radius 3 is 2.15 bits per heavy atom. The summed E-state index contributed by atoms with van der Waals surface area (Å²) in [6, 6.07) is 18.7.